The normalized spacial score (nSPS) is 8.29. The van der Waals surface area contributed by atoms with Crippen molar-refractivity contribution in [3.63, 3.8) is 0 Å². The largest absolute Gasteiger partial charge is 0.343 e. The van der Waals surface area contributed by atoms with Gasteiger partial charge in [-0.25, -0.2) is 0 Å². The lowest BCUT2D eigenvalue weighted by Gasteiger charge is -2.17. The Hall–Kier alpha value is -1.76. The second-order valence-corrected chi connectivity index (χ2v) is 7.26. The van der Waals surface area contributed by atoms with Gasteiger partial charge in [0.1, 0.15) is 0 Å². The second-order valence-electron chi connectivity index (χ2n) is 4.74. The number of aromatic nitrogens is 3. The van der Waals surface area contributed by atoms with Crippen LogP contribution in [-0.4, -0.2) is 24.2 Å². The maximum Gasteiger partial charge on any atom is 0.0874 e. The van der Waals surface area contributed by atoms with Crippen LogP contribution in [0, 0.1) is 0 Å². The van der Waals surface area contributed by atoms with Crippen LogP contribution in [0.25, 0.3) is 0 Å². The molecule has 0 spiro atoms. The Balaban J connectivity index is -0.000000120. The first kappa shape index (κ1) is 43.3. The highest BCUT2D eigenvalue weighted by Crippen LogP contribution is 2.20. The summed E-state index contributed by atoms with van der Waals surface area (Å²) >= 11 is 0. The van der Waals surface area contributed by atoms with E-state index in [0.29, 0.717) is 17.8 Å². The summed E-state index contributed by atoms with van der Waals surface area (Å²) in [5.41, 5.74) is 0. The minimum Gasteiger partial charge on any atom is -0.343 e. The van der Waals surface area contributed by atoms with E-state index in [9.17, 15) is 0 Å². The molecule has 0 aliphatic carbocycles. The summed E-state index contributed by atoms with van der Waals surface area (Å²) in [6, 6.07) is 12.3. The predicted octanol–water partition coefficient (Wildman–Crippen LogP) is 11.1. The van der Waals surface area contributed by atoms with Crippen LogP contribution in [0.3, 0.4) is 0 Å². The average Bonchev–Trinajstić information content (AvgIpc) is 3.77. The molecule has 0 aliphatic rings. The van der Waals surface area contributed by atoms with Crippen molar-refractivity contribution < 1.29 is 0 Å². The van der Waals surface area contributed by atoms with Gasteiger partial charge in [-0.1, -0.05) is 89.2 Å². The number of nitrogens with zero attached hydrogens (tertiary/aromatic N) is 4. The molecule has 4 nitrogen and oxygen atoms in total. The monoisotopic (exact) mass is 526 g/mol. The summed E-state index contributed by atoms with van der Waals surface area (Å²) in [5, 5.41) is 0. The first-order valence-electron chi connectivity index (χ1n) is 13.6. The topological polar surface area (TPSA) is 18.0 Å². The van der Waals surface area contributed by atoms with E-state index in [-0.39, 0.29) is 0 Å². The Bertz CT molecular complexity index is 615. The average molecular weight is 527 g/mol. The molecule has 3 aromatic rings. The summed E-state index contributed by atoms with van der Waals surface area (Å²) < 4.78 is 8.77. The van der Waals surface area contributed by atoms with Crippen LogP contribution in [0.1, 0.15) is 96.9 Å². The molecule has 35 heavy (non-hydrogen) atoms. The van der Waals surface area contributed by atoms with Gasteiger partial charge in [0.2, 0.25) is 0 Å². The van der Waals surface area contributed by atoms with E-state index >= 15 is 0 Å². The van der Waals surface area contributed by atoms with Gasteiger partial charge in [0.15, 0.2) is 0 Å². The molecule has 6 heteroatoms. The van der Waals surface area contributed by atoms with Gasteiger partial charge in [0, 0.05) is 43.7 Å². The van der Waals surface area contributed by atoms with Crippen molar-refractivity contribution >= 4 is 17.8 Å². The predicted molar refractivity (Wildman–Crippen MR) is 171 cm³/mol. The summed E-state index contributed by atoms with van der Waals surface area (Å²) in [6.07, 6.45) is 16.6. The minimum atomic E-state index is 0.659. The highest BCUT2D eigenvalue weighted by Gasteiger charge is 1.94. The summed E-state index contributed by atoms with van der Waals surface area (Å²) in [5.74, 6) is 0. The van der Waals surface area contributed by atoms with Crippen LogP contribution < -0.4 is 0 Å². The lowest BCUT2D eigenvalue weighted by atomic mass is 10.6. The lowest BCUT2D eigenvalue weighted by Crippen LogP contribution is -2.06. The molecule has 1 atom stereocenters. The van der Waals surface area contributed by atoms with E-state index in [1.54, 1.807) is 0 Å². The first-order chi connectivity index (χ1) is 17.3. The third-order valence-corrected chi connectivity index (χ3v) is 5.27. The zero-order valence-corrected chi connectivity index (χ0v) is 27.6. The quantitative estimate of drug-likeness (QED) is 0.292. The van der Waals surface area contributed by atoms with Crippen molar-refractivity contribution in [2.45, 2.75) is 96.9 Å². The van der Waals surface area contributed by atoms with E-state index in [1.807, 2.05) is 114 Å². The Labute approximate surface area is 224 Å². The molecule has 0 aromatic carbocycles. The minimum absolute atomic E-state index is 0.659. The summed E-state index contributed by atoms with van der Waals surface area (Å²) in [6.45, 7) is 29.3. The Morgan fingerprint density at radius 2 is 0.829 bits per heavy atom. The fraction of sp³-hybridized carbons (Fsp3) is 0.517. The molecule has 0 bridgehead atoms. The third kappa shape index (κ3) is 28.4. The molecule has 0 fully saturated rings. The smallest absolute Gasteiger partial charge is 0.0874 e. The SMILES string of the molecule is C/C=C\N(CC)Pn1cccc1.CC.CC.CC.CC.CC.CC.c1ccn(Pn2cccc2)c1. The van der Waals surface area contributed by atoms with Crippen LogP contribution in [-0.2, 0) is 0 Å². The molecule has 0 saturated carbocycles. The number of hydrogen-bond acceptors (Lipinski definition) is 1. The number of allylic oxidation sites excluding steroid dienone is 1. The fourth-order valence-corrected chi connectivity index (χ4v) is 3.71. The van der Waals surface area contributed by atoms with Crippen molar-refractivity contribution in [1.82, 2.24) is 17.7 Å². The molecule has 0 N–H and O–H groups in total. The maximum absolute atomic E-state index is 2.28. The molecule has 3 aromatic heterocycles. The molecule has 0 aliphatic heterocycles. The van der Waals surface area contributed by atoms with Crippen molar-refractivity contribution in [1.29, 1.82) is 0 Å². The van der Waals surface area contributed by atoms with Crippen LogP contribution in [0.2, 0.25) is 0 Å². The second kappa shape index (κ2) is 42.4. The fourth-order valence-electron chi connectivity index (χ4n) is 1.87. The summed E-state index contributed by atoms with van der Waals surface area (Å²) in [7, 11) is 1.35. The molecular weight excluding hydrogens is 466 g/mol. The van der Waals surface area contributed by atoms with Crippen LogP contribution >= 0.6 is 17.8 Å². The van der Waals surface area contributed by atoms with Gasteiger partial charge in [-0.05, 0) is 56.4 Å². The maximum atomic E-state index is 2.28. The van der Waals surface area contributed by atoms with Crippen LogP contribution in [0.4, 0.5) is 0 Å². The van der Waals surface area contributed by atoms with Gasteiger partial charge < -0.3 is 17.7 Å². The molecule has 0 amide bonds. The molecule has 0 radical (unpaired) electrons. The highest BCUT2D eigenvalue weighted by atomic mass is 31.1. The number of rotatable bonds is 6. The molecular formula is C29H60N4P2. The Morgan fingerprint density at radius 1 is 0.543 bits per heavy atom. The van der Waals surface area contributed by atoms with E-state index in [1.165, 1.54) is 0 Å². The standard InChI is InChI=1S/C9H15N2P.C8H9N2P.6C2H6/c1-3-7-10(4-2)12-11-8-5-6-9-11;1-2-6-9(5-1)11-10-7-3-4-8-10;6*1-2/h3,5-9,12H,4H2,1-2H3;1-8,11H;6*1-2H3/b7-3-;;;;;;;. The Morgan fingerprint density at radius 3 is 1.09 bits per heavy atom. The van der Waals surface area contributed by atoms with Gasteiger partial charge in [-0.3, -0.25) is 0 Å². The third-order valence-electron chi connectivity index (χ3n) is 2.96. The zero-order valence-electron chi connectivity index (χ0n) is 25.6. The van der Waals surface area contributed by atoms with Gasteiger partial charge in [-0.2, -0.15) is 0 Å². The van der Waals surface area contributed by atoms with E-state index in [4.69, 9.17) is 0 Å². The number of hydrogen-bond donors (Lipinski definition) is 0. The molecule has 0 saturated heterocycles. The van der Waals surface area contributed by atoms with Gasteiger partial charge in [0.25, 0.3) is 0 Å². The molecule has 1 unspecified atom stereocenters. The van der Waals surface area contributed by atoms with E-state index in [2.05, 4.69) is 86.2 Å². The Kier molecular flexibility index (Phi) is 52.5. The van der Waals surface area contributed by atoms with Gasteiger partial charge >= 0.3 is 0 Å². The summed E-state index contributed by atoms with van der Waals surface area (Å²) in [4.78, 5) is 0. The molecule has 3 heterocycles. The van der Waals surface area contributed by atoms with Crippen molar-refractivity contribution in [3.8, 4) is 0 Å². The lowest BCUT2D eigenvalue weighted by molar-refractivity contribution is 0.641. The molecule has 3 rings (SSSR count). The first-order valence-corrected chi connectivity index (χ1v) is 15.4. The zero-order chi connectivity index (χ0) is 28.3. The van der Waals surface area contributed by atoms with Gasteiger partial charge in [0.05, 0.1) is 17.8 Å². The van der Waals surface area contributed by atoms with Crippen LogP contribution in [0.5, 0.6) is 0 Å². The van der Waals surface area contributed by atoms with Crippen molar-refractivity contribution in [3.05, 3.63) is 85.9 Å². The van der Waals surface area contributed by atoms with Crippen LogP contribution in [0.15, 0.2) is 85.9 Å². The van der Waals surface area contributed by atoms with Crippen molar-refractivity contribution in [2.24, 2.45) is 0 Å². The molecule has 206 valence electrons. The van der Waals surface area contributed by atoms with E-state index in [0.717, 1.165) is 6.54 Å². The van der Waals surface area contributed by atoms with Crippen molar-refractivity contribution in [2.75, 3.05) is 6.54 Å². The van der Waals surface area contributed by atoms with E-state index < -0.39 is 0 Å². The highest BCUT2D eigenvalue weighted by molar-refractivity contribution is 7.34. The van der Waals surface area contributed by atoms with Gasteiger partial charge in [-0.15, -0.1) is 0 Å².